The highest BCUT2D eigenvalue weighted by atomic mass is 79.9. The largest absolute Gasteiger partial charge is 1.00 e. The monoisotopic (exact) mass is 400 g/mol. The summed E-state index contributed by atoms with van der Waals surface area (Å²) in [6.07, 6.45) is 1.51. The lowest BCUT2D eigenvalue weighted by molar-refractivity contribution is -0.804. The highest BCUT2D eigenvalue weighted by Gasteiger charge is 2.27. The van der Waals surface area contributed by atoms with Crippen molar-refractivity contribution in [3.8, 4) is 0 Å². The summed E-state index contributed by atoms with van der Waals surface area (Å²) < 4.78 is 0.265. The van der Waals surface area contributed by atoms with E-state index in [0.29, 0.717) is 5.96 Å². The van der Waals surface area contributed by atoms with Crippen LogP contribution in [0.3, 0.4) is 0 Å². The van der Waals surface area contributed by atoms with E-state index in [2.05, 4.69) is 56.5 Å². The highest BCUT2D eigenvalue weighted by molar-refractivity contribution is 5.85. The molecule has 0 fully saturated rings. The fraction of sp³-hybridized carbons (Fsp3) is 0.222. The van der Waals surface area contributed by atoms with Gasteiger partial charge in [0.15, 0.2) is 6.34 Å². The lowest BCUT2D eigenvalue weighted by Gasteiger charge is -2.19. The number of nitrogens with zero attached hydrogens (tertiary/aromatic N) is 6. The van der Waals surface area contributed by atoms with Gasteiger partial charge >= 0.3 is 5.96 Å². The quantitative estimate of drug-likeness (QED) is 0.553. The van der Waals surface area contributed by atoms with Crippen LogP contribution >= 0.6 is 0 Å². The first-order valence-corrected chi connectivity index (χ1v) is 7.78. The van der Waals surface area contributed by atoms with Crippen molar-refractivity contribution in [3.63, 3.8) is 0 Å². The summed E-state index contributed by atoms with van der Waals surface area (Å²) in [6.45, 7) is 0.863. The maximum atomic E-state index is 4.25. The molecule has 0 N–H and O–H groups in total. The van der Waals surface area contributed by atoms with Crippen LogP contribution in [0.5, 0.6) is 0 Å². The normalized spacial score (nSPS) is 15.1. The minimum atomic E-state index is 0. The van der Waals surface area contributed by atoms with Gasteiger partial charge in [-0.15, -0.1) is 9.71 Å². The molecule has 6 nitrogen and oxygen atoms in total. The number of benzene rings is 2. The van der Waals surface area contributed by atoms with E-state index in [4.69, 9.17) is 0 Å². The molecule has 0 bridgehead atoms. The predicted molar refractivity (Wildman–Crippen MR) is 97.5 cm³/mol. The molecule has 7 heteroatoms. The van der Waals surface area contributed by atoms with E-state index in [9.17, 15) is 0 Å². The van der Waals surface area contributed by atoms with Gasteiger partial charge in [-0.05, 0) is 29.8 Å². The van der Waals surface area contributed by atoms with Crippen molar-refractivity contribution in [3.05, 3.63) is 60.2 Å². The zero-order valence-electron chi connectivity index (χ0n) is 14.5. The van der Waals surface area contributed by atoms with Crippen molar-refractivity contribution < 1.29 is 21.6 Å². The van der Waals surface area contributed by atoms with Crippen molar-refractivity contribution >= 4 is 23.7 Å². The van der Waals surface area contributed by atoms with Crippen LogP contribution in [0.15, 0.2) is 74.9 Å². The topological polar surface area (TPSA) is 52.7 Å². The molecule has 0 amide bonds. The molecule has 2 aromatic rings. The van der Waals surface area contributed by atoms with Gasteiger partial charge in [0.25, 0.3) is 0 Å². The Hall–Kier alpha value is -2.38. The van der Waals surface area contributed by atoms with Gasteiger partial charge in [0, 0.05) is 19.3 Å². The number of azo groups is 1. The standard InChI is InChI=1S/C18H21N6.BrH/c1-23(13-15-7-5-4-6-8-15)17-11-9-16(10-12-17)21-22-18-19-14-20-24(18,2)3;/h4-12,14H,13H2,1-3H3;1H/q+1;/p-1/b22-21+;. The van der Waals surface area contributed by atoms with Crippen LogP contribution in [-0.4, -0.2) is 38.0 Å². The van der Waals surface area contributed by atoms with Crippen LogP contribution in [0.4, 0.5) is 11.4 Å². The Balaban J connectivity index is 0.00000225. The number of halogens is 1. The van der Waals surface area contributed by atoms with Crippen molar-refractivity contribution in [1.29, 1.82) is 0 Å². The Labute approximate surface area is 158 Å². The van der Waals surface area contributed by atoms with Crippen LogP contribution < -0.4 is 21.9 Å². The van der Waals surface area contributed by atoms with E-state index in [1.807, 2.05) is 44.4 Å². The van der Waals surface area contributed by atoms with Crippen molar-refractivity contribution in [2.75, 3.05) is 26.0 Å². The maximum absolute atomic E-state index is 4.25. The third kappa shape index (κ3) is 4.80. The van der Waals surface area contributed by atoms with Gasteiger partial charge in [-0.2, -0.15) is 4.99 Å². The summed E-state index contributed by atoms with van der Waals surface area (Å²) >= 11 is 0. The number of guanidine groups is 1. The first-order chi connectivity index (χ1) is 11.5. The molecule has 25 heavy (non-hydrogen) atoms. The number of aliphatic imine (C=N–C) groups is 1. The molecule has 0 atom stereocenters. The van der Waals surface area contributed by atoms with E-state index >= 15 is 0 Å². The number of anilines is 1. The van der Waals surface area contributed by atoms with E-state index in [1.54, 1.807) is 0 Å². The third-order valence-corrected chi connectivity index (χ3v) is 3.81. The minimum Gasteiger partial charge on any atom is -1.00 e. The minimum absolute atomic E-state index is 0. The first-order valence-electron chi connectivity index (χ1n) is 7.78. The molecule has 0 spiro atoms. The smallest absolute Gasteiger partial charge is 0.376 e. The number of rotatable bonds is 4. The summed E-state index contributed by atoms with van der Waals surface area (Å²) in [5, 5.41) is 12.6. The molecule has 2 aromatic carbocycles. The second kappa shape index (κ2) is 8.13. The van der Waals surface area contributed by atoms with Crippen molar-refractivity contribution in [2.24, 2.45) is 20.3 Å². The fourth-order valence-corrected chi connectivity index (χ4v) is 2.36. The summed E-state index contributed by atoms with van der Waals surface area (Å²) in [7, 11) is 5.89. The van der Waals surface area contributed by atoms with Crippen LogP contribution in [0.1, 0.15) is 5.56 Å². The van der Waals surface area contributed by atoms with Crippen LogP contribution in [0, 0.1) is 0 Å². The van der Waals surface area contributed by atoms with E-state index < -0.39 is 0 Å². The highest BCUT2D eigenvalue weighted by Crippen LogP contribution is 2.21. The zero-order chi connectivity index (χ0) is 17.0. The second-order valence-electron chi connectivity index (χ2n) is 6.11. The predicted octanol–water partition coefficient (Wildman–Crippen LogP) is 0.800. The molecule has 1 heterocycles. The van der Waals surface area contributed by atoms with Crippen molar-refractivity contribution in [1.82, 2.24) is 0 Å². The number of hydrogen-bond acceptors (Lipinski definition) is 5. The molecule has 1 aliphatic heterocycles. The van der Waals surface area contributed by atoms with Crippen LogP contribution in [0.2, 0.25) is 0 Å². The molecule has 130 valence electrons. The van der Waals surface area contributed by atoms with Gasteiger partial charge in [0.05, 0.1) is 5.69 Å². The lowest BCUT2D eigenvalue weighted by atomic mass is 10.2. The Bertz CT molecular complexity index is 781. The van der Waals surface area contributed by atoms with E-state index in [0.717, 1.165) is 17.9 Å². The Kier molecular flexibility index (Phi) is 6.17. The molecule has 0 radical (unpaired) electrons. The third-order valence-electron chi connectivity index (χ3n) is 3.81. The van der Waals surface area contributed by atoms with Gasteiger partial charge in [0.1, 0.15) is 14.1 Å². The van der Waals surface area contributed by atoms with Crippen LogP contribution in [-0.2, 0) is 6.54 Å². The Morgan fingerprint density at radius 1 is 0.960 bits per heavy atom. The molecule has 3 rings (SSSR count). The molecule has 0 saturated heterocycles. The maximum Gasteiger partial charge on any atom is 0.376 e. The van der Waals surface area contributed by atoms with Gasteiger partial charge in [-0.1, -0.05) is 40.5 Å². The Morgan fingerprint density at radius 2 is 1.64 bits per heavy atom. The first kappa shape index (κ1) is 19.0. The molecule has 0 aromatic heterocycles. The fourth-order valence-electron chi connectivity index (χ4n) is 2.36. The van der Waals surface area contributed by atoms with Crippen molar-refractivity contribution in [2.45, 2.75) is 6.54 Å². The van der Waals surface area contributed by atoms with Crippen LogP contribution in [0.25, 0.3) is 0 Å². The summed E-state index contributed by atoms with van der Waals surface area (Å²) in [4.78, 5) is 6.32. The zero-order valence-corrected chi connectivity index (χ0v) is 16.1. The average Bonchev–Trinajstić information content (AvgIpc) is 2.92. The molecule has 0 unspecified atom stereocenters. The molecular weight excluding hydrogens is 380 g/mol. The number of quaternary nitrogens is 1. The Morgan fingerprint density at radius 3 is 2.24 bits per heavy atom. The van der Waals surface area contributed by atoms with E-state index in [1.165, 1.54) is 11.9 Å². The molecule has 0 saturated carbocycles. The summed E-state index contributed by atoms with van der Waals surface area (Å²) in [5.74, 6) is 0.570. The lowest BCUT2D eigenvalue weighted by Crippen LogP contribution is -3.00. The second-order valence-corrected chi connectivity index (χ2v) is 6.11. The van der Waals surface area contributed by atoms with Gasteiger partial charge in [-0.3, -0.25) is 0 Å². The average molecular weight is 401 g/mol. The summed E-state index contributed by atoms with van der Waals surface area (Å²) in [5.41, 5.74) is 3.21. The van der Waals surface area contributed by atoms with Gasteiger partial charge in [-0.25, -0.2) is 0 Å². The SMILES string of the molecule is CN(Cc1ccccc1)c1ccc(/N=N/C2=NC=N[N+]2(C)C)cc1.[Br-]. The van der Waals surface area contributed by atoms with E-state index in [-0.39, 0.29) is 21.6 Å². The molecule has 1 aliphatic rings. The van der Waals surface area contributed by atoms with Gasteiger partial charge in [0.2, 0.25) is 0 Å². The summed E-state index contributed by atoms with van der Waals surface area (Å²) in [6, 6.07) is 18.4. The van der Waals surface area contributed by atoms with Gasteiger partial charge < -0.3 is 21.9 Å². The molecule has 0 aliphatic carbocycles. The number of hydrogen-bond donors (Lipinski definition) is 0. The molecular formula is C18H21BrN6.